The Hall–Kier alpha value is -2.39. The number of nitrogens with one attached hydrogen (secondary N) is 1. The van der Waals surface area contributed by atoms with E-state index in [9.17, 15) is 0 Å². The van der Waals surface area contributed by atoms with E-state index in [2.05, 4.69) is 26.2 Å². The molecule has 1 aromatic carbocycles. The van der Waals surface area contributed by atoms with Gasteiger partial charge < -0.3 is 10.6 Å². The minimum atomic E-state index is 0.205. The third-order valence-electron chi connectivity index (χ3n) is 3.27. The normalized spacial score (nSPS) is 18.5. The average Bonchev–Trinajstić information content (AvgIpc) is 3.07. The minimum Gasteiger partial charge on any atom is -0.338 e. The van der Waals surface area contributed by atoms with Gasteiger partial charge in [0, 0.05) is 24.7 Å². The van der Waals surface area contributed by atoms with Gasteiger partial charge in [-0.25, -0.2) is 0 Å². The molecule has 2 aromatic rings. The lowest BCUT2D eigenvalue weighted by atomic mass is 10.1. The van der Waals surface area contributed by atoms with Crippen LogP contribution in [0.3, 0.4) is 0 Å². The van der Waals surface area contributed by atoms with Gasteiger partial charge in [-0.2, -0.15) is 10.2 Å². The molecule has 0 bridgehead atoms. The van der Waals surface area contributed by atoms with Crippen molar-refractivity contribution in [2.24, 2.45) is 5.73 Å². The maximum atomic E-state index is 8.77. The van der Waals surface area contributed by atoms with Crippen LogP contribution in [0.25, 0.3) is 11.4 Å². The molecule has 1 fully saturated rings. The molecule has 0 saturated carbocycles. The zero-order valence-electron chi connectivity index (χ0n) is 10.4. The number of anilines is 1. The number of nitriles is 1. The summed E-state index contributed by atoms with van der Waals surface area (Å²) in [6, 6.07) is 9.55. The van der Waals surface area contributed by atoms with E-state index < -0.39 is 0 Å². The molecule has 19 heavy (non-hydrogen) atoms. The number of nitrogens with zero attached hydrogens (tertiary/aromatic N) is 4. The van der Waals surface area contributed by atoms with Gasteiger partial charge in [-0.15, -0.1) is 5.10 Å². The Morgan fingerprint density at radius 2 is 2.16 bits per heavy atom. The van der Waals surface area contributed by atoms with Gasteiger partial charge in [0.15, 0.2) is 5.82 Å². The van der Waals surface area contributed by atoms with Gasteiger partial charge in [-0.3, -0.25) is 5.10 Å². The smallest absolute Gasteiger partial charge is 0.245 e. The Morgan fingerprint density at radius 1 is 1.37 bits per heavy atom. The SMILES string of the molecule is N#Cc1ccc(-c2nc(N3CCC(N)C3)n[nH]2)cc1. The number of nitrogens with two attached hydrogens (primary N) is 1. The largest absolute Gasteiger partial charge is 0.338 e. The van der Waals surface area contributed by atoms with Crippen LogP contribution in [0.5, 0.6) is 0 Å². The van der Waals surface area contributed by atoms with Crippen LogP contribution in [-0.2, 0) is 0 Å². The van der Waals surface area contributed by atoms with Gasteiger partial charge in [0.05, 0.1) is 11.6 Å². The quantitative estimate of drug-likeness (QED) is 0.829. The lowest BCUT2D eigenvalue weighted by molar-refractivity contribution is 0.750. The highest BCUT2D eigenvalue weighted by Crippen LogP contribution is 2.20. The molecule has 1 aromatic heterocycles. The fourth-order valence-electron chi connectivity index (χ4n) is 2.20. The summed E-state index contributed by atoms with van der Waals surface area (Å²) in [6.45, 7) is 1.69. The van der Waals surface area contributed by atoms with E-state index in [4.69, 9.17) is 11.0 Å². The van der Waals surface area contributed by atoms with Crippen LogP contribution in [0.15, 0.2) is 24.3 Å². The highest BCUT2D eigenvalue weighted by atomic mass is 15.4. The van der Waals surface area contributed by atoms with Gasteiger partial charge in [0.2, 0.25) is 5.95 Å². The van der Waals surface area contributed by atoms with Crippen LogP contribution in [-0.4, -0.2) is 34.3 Å². The van der Waals surface area contributed by atoms with Gasteiger partial charge >= 0.3 is 0 Å². The van der Waals surface area contributed by atoms with E-state index in [1.165, 1.54) is 0 Å². The number of aromatic nitrogens is 3. The van der Waals surface area contributed by atoms with E-state index in [0.717, 1.165) is 25.1 Å². The summed E-state index contributed by atoms with van der Waals surface area (Å²) in [5.74, 6) is 1.40. The zero-order chi connectivity index (χ0) is 13.2. The Morgan fingerprint density at radius 3 is 2.79 bits per heavy atom. The van der Waals surface area contributed by atoms with E-state index in [0.29, 0.717) is 17.3 Å². The molecule has 1 saturated heterocycles. The number of rotatable bonds is 2. The summed E-state index contributed by atoms with van der Waals surface area (Å²) < 4.78 is 0. The number of hydrogen-bond donors (Lipinski definition) is 2. The molecule has 6 heteroatoms. The first kappa shape index (κ1) is 11.7. The molecular formula is C13H14N6. The monoisotopic (exact) mass is 254 g/mol. The molecule has 0 aliphatic carbocycles. The van der Waals surface area contributed by atoms with E-state index >= 15 is 0 Å². The van der Waals surface area contributed by atoms with E-state index in [-0.39, 0.29) is 6.04 Å². The first-order chi connectivity index (χ1) is 9.26. The van der Waals surface area contributed by atoms with Crippen molar-refractivity contribution >= 4 is 5.95 Å². The maximum absolute atomic E-state index is 8.77. The second-order valence-electron chi connectivity index (χ2n) is 4.67. The molecule has 3 rings (SSSR count). The van der Waals surface area contributed by atoms with Gasteiger partial charge in [0.25, 0.3) is 0 Å². The van der Waals surface area contributed by atoms with Crippen molar-refractivity contribution in [3.05, 3.63) is 29.8 Å². The molecule has 3 N–H and O–H groups in total. The predicted octanol–water partition coefficient (Wildman–Crippen LogP) is 0.881. The van der Waals surface area contributed by atoms with Crippen molar-refractivity contribution in [2.75, 3.05) is 18.0 Å². The van der Waals surface area contributed by atoms with Gasteiger partial charge in [0.1, 0.15) is 0 Å². The topological polar surface area (TPSA) is 94.6 Å². The summed E-state index contributed by atoms with van der Waals surface area (Å²) in [5, 5.41) is 15.9. The maximum Gasteiger partial charge on any atom is 0.245 e. The standard InChI is InChI=1S/C13H14N6/c14-7-9-1-3-10(4-2-9)12-16-13(18-17-12)19-6-5-11(15)8-19/h1-4,11H,5-6,8,15H2,(H,16,17,18). The molecule has 1 aliphatic heterocycles. The van der Waals surface area contributed by atoms with Crippen LogP contribution < -0.4 is 10.6 Å². The Balaban J connectivity index is 1.82. The van der Waals surface area contributed by atoms with Crippen LogP contribution >= 0.6 is 0 Å². The minimum absolute atomic E-state index is 0.205. The molecule has 6 nitrogen and oxygen atoms in total. The van der Waals surface area contributed by atoms with Crippen molar-refractivity contribution in [2.45, 2.75) is 12.5 Å². The molecular weight excluding hydrogens is 240 g/mol. The summed E-state index contributed by atoms with van der Waals surface area (Å²) in [4.78, 5) is 6.55. The molecule has 96 valence electrons. The van der Waals surface area contributed by atoms with Crippen LogP contribution in [0.4, 0.5) is 5.95 Å². The van der Waals surface area contributed by atoms with E-state index in [1.807, 2.05) is 12.1 Å². The van der Waals surface area contributed by atoms with E-state index in [1.54, 1.807) is 12.1 Å². The summed E-state index contributed by atoms with van der Waals surface area (Å²) >= 11 is 0. The van der Waals surface area contributed by atoms with Crippen molar-refractivity contribution in [3.8, 4) is 17.5 Å². The van der Waals surface area contributed by atoms with Crippen LogP contribution in [0, 0.1) is 11.3 Å². The first-order valence-electron chi connectivity index (χ1n) is 6.20. The fourth-order valence-corrected chi connectivity index (χ4v) is 2.20. The number of benzene rings is 1. The predicted molar refractivity (Wildman–Crippen MR) is 71.3 cm³/mol. The molecule has 1 unspecified atom stereocenters. The lowest BCUT2D eigenvalue weighted by Gasteiger charge is -2.11. The van der Waals surface area contributed by atoms with Crippen LogP contribution in [0.2, 0.25) is 0 Å². The average molecular weight is 254 g/mol. The second-order valence-corrected chi connectivity index (χ2v) is 4.67. The molecule has 2 heterocycles. The van der Waals surface area contributed by atoms with Crippen molar-refractivity contribution in [1.82, 2.24) is 15.2 Å². The van der Waals surface area contributed by atoms with Crippen molar-refractivity contribution < 1.29 is 0 Å². The Labute approximate surface area is 110 Å². The lowest BCUT2D eigenvalue weighted by Crippen LogP contribution is -2.26. The third kappa shape index (κ3) is 2.28. The second kappa shape index (κ2) is 4.71. The third-order valence-corrected chi connectivity index (χ3v) is 3.27. The van der Waals surface area contributed by atoms with Crippen LogP contribution in [0.1, 0.15) is 12.0 Å². The molecule has 0 spiro atoms. The molecule has 1 atom stereocenters. The first-order valence-corrected chi connectivity index (χ1v) is 6.20. The fraction of sp³-hybridized carbons (Fsp3) is 0.308. The number of aromatic amines is 1. The summed E-state index contributed by atoms with van der Waals surface area (Å²) in [7, 11) is 0. The number of H-pyrrole nitrogens is 1. The summed E-state index contributed by atoms with van der Waals surface area (Å²) in [5.41, 5.74) is 7.43. The number of hydrogen-bond acceptors (Lipinski definition) is 5. The molecule has 1 aliphatic rings. The summed E-state index contributed by atoms with van der Waals surface area (Å²) in [6.07, 6.45) is 0.973. The highest BCUT2D eigenvalue weighted by Gasteiger charge is 2.22. The van der Waals surface area contributed by atoms with Gasteiger partial charge in [-0.1, -0.05) is 0 Å². The highest BCUT2D eigenvalue weighted by molar-refractivity contribution is 5.57. The van der Waals surface area contributed by atoms with Crippen molar-refractivity contribution in [3.63, 3.8) is 0 Å². The Bertz CT molecular complexity index is 609. The molecule has 0 radical (unpaired) electrons. The molecule has 0 amide bonds. The Kier molecular flexibility index (Phi) is 2.89. The van der Waals surface area contributed by atoms with Gasteiger partial charge in [-0.05, 0) is 30.7 Å². The zero-order valence-corrected chi connectivity index (χ0v) is 10.4. The van der Waals surface area contributed by atoms with Crippen molar-refractivity contribution in [1.29, 1.82) is 5.26 Å².